The van der Waals surface area contributed by atoms with Crippen molar-refractivity contribution in [2.24, 2.45) is 0 Å². The van der Waals surface area contributed by atoms with Crippen LogP contribution in [0.25, 0.3) is 11.5 Å². The number of aryl methyl sites for hydroxylation is 1. The molecule has 15 heavy (non-hydrogen) atoms. The summed E-state index contributed by atoms with van der Waals surface area (Å²) < 4.78 is 5.40. The van der Waals surface area contributed by atoms with E-state index in [0.29, 0.717) is 11.8 Å². The van der Waals surface area contributed by atoms with Crippen molar-refractivity contribution in [2.45, 2.75) is 19.7 Å². The van der Waals surface area contributed by atoms with Crippen molar-refractivity contribution in [1.82, 2.24) is 10.2 Å². The van der Waals surface area contributed by atoms with Crippen molar-refractivity contribution >= 4 is 11.6 Å². The van der Waals surface area contributed by atoms with Gasteiger partial charge < -0.3 is 4.42 Å². The maximum atomic E-state index is 5.60. The Labute approximate surface area is 93.1 Å². The van der Waals surface area contributed by atoms with Gasteiger partial charge in [0, 0.05) is 5.56 Å². The fourth-order valence-electron chi connectivity index (χ4n) is 1.40. The van der Waals surface area contributed by atoms with Gasteiger partial charge >= 0.3 is 0 Å². The number of hydrogen-bond acceptors (Lipinski definition) is 3. The standard InChI is InChI=1S/C11H11ClN2O/c1-7-4-3-5-9(8(7)2)11-14-13-10(6-12)15-11/h3-5H,6H2,1-2H3. The molecule has 0 spiro atoms. The van der Waals surface area contributed by atoms with E-state index >= 15 is 0 Å². The zero-order valence-electron chi connectivity index (χ0n) is 8.62. The molecule has 0 bridgehead atoms. The number of benzene rings is 1. The van der Waals surface area contributed by atoms with Crippen molar-refractivity contribution in [3.8, 4) is 11.5 Å². The Morgan fingerprint density at radius 3 is 2.73 bits per heavy atom. The Balaban J connectivity index is 2.49. The SMILES string of the molecule is Cc1cccc(-c2nnc(CCl)o2)c1C. The summed E-state index contributed by atoms with van der Waals surface area (Å²) in [6.45, 7) is 4.09. The van der Waals surface area contributed by atoms with Gasteiger partial charge in [0.25, 0.3) is 0 Å². The zero-order chi connectivity index (χ0) is 10.8. The summed E-state index contributed by atoms with van der Waals surface area (Å²) in [7, 11) is 0. The van der Waals surface area contributed by atoms with E-state index in [1.165, 1.54) is 5.56 Å². The topological polar surface area (TPSA) is 38.9 Å². The predicted molar refractivity (Wildman–Crippen MR) is 58.8 cm³/mol. The summed E-state index contributed by atoms with van der Waals surface area (Å²) in [6, 6.07) is 5.99. The lowest BCUT2D eigenvalue weighted by atomic mass is 10.0. The van der Waals surface area contributed by atoms with Gasteiger partial charge in [-0.05, 0) is 31.0 Å². The van der Waals surface area contributed by atoms with Crippen LogP contribution < -0.4 is 0 Å². The molecule has 0 aliphatic rings. The highest BCUT2D eigenvalue weighted by Crippen LogP contribution is 2.24. The predicted octanol–water partition coefficient (Wildman–Crippen LogP) is 3.09. The molecule has 0 fully saturated rings. The molecule has 2 rings (SSSR count). The Morgan fingerprint density at radius 2 is 2.07 bits per heavy atom. The van der Waals surface area contributed by atoms with Gasteiger partial charge in [-0.1, -0.05) is 12.1 Å². The van der Waals surface area contributed by atoms with Gasteiger partial charge in [0.15, 0.2) is 0 Å². The number of alkyl halides is 1. The monoisotopic (exact) mass is 222 g/mol. The van der Waals surface area contributed by atoms with Crippen LogP contribution in [0.2, 0.25) is 0 Å². The van der Waals surface area contributed by atoms with E-state index in [0.717, 1.165) is 11.1 Å². The summed E-state index contributed by atoms with van der Waals surface area (Å²) in [4.78, 5) is 0. The highest BCUT2D eigenvalue weighted by Gasteiger charge is 2.10. The minimum Gasteiger partial charge on any atom is -0.419 e. The fraction of sp³-hybridized carbons (Fsp3) is 0.273. The molecule has 78 valence electrons. The molecular formula is C11H11ClN2O. The summed E-state index contributed by atoms with van der Waals surface area (Å²) in [5.74, 6) is 1.23. The van der Waals surface area contributed by atoms with Crippen LogP contribution >= 0.6 is 11.6 Å². The largest absolute Gasteiger partial charge is 0.419 e. The molecule has 0 atom stereocenters. The van der Waals surface area contributed by atoms with E-state index in [1.54, 1.807) is 0 Å². The van der Waals surface area contributed by atoms with Crippen LogP contribution in [0.5, 0.6) is 0 Å². The number of halogens is 1. The van der Waals surface area contributed by atoms with Gasteiger partial charge in [0.1, 0.15) is 5.88 Å². The number of hydrogen-bond donors (Lipinski definition) is 0. The Kier molecular flexibility index (Phi) is 2.73. The Bertz CT molecular complexity index is 479. The lowest BCUT2D eigenvalue weighted by molar-refractivity contribution is 0.527. The molecule has 0 radical (unpaired) electrons. The molecule has 1 heterocycles. The molecule has 0 amide bonds. The molecule has 0 saturated heterocycles. The molecule has 3 nitrogen and oxygen atoms in total. The van der Waals surface area contributed by atoms with E-state index in [2.05, 4.69) is 23.2 Å². The number of rotatable bonds is 2. The van der Waals surface area contributed by atoms with Crippen LogP contribution in [0.15, 0.2) is 22.6 Å². The molecule has 0 aliphatic heterocycles. The molecule has 0 aliphatic carbocycles. The van der Waals surface area contributed by atoms with Crippen LogP contribution in [0, 0.1) is 13.8 Å². The van der Waals surface area contributed by atoms with Crippen molar-refractivity contribution in [3.05, 3.63) is 35.2 Å². The van der Waals surface area contributed by atoms with Gasteiger partial charge in [-0.15, -0.1) is 21.8 Å². The number of aromatic nitrogens is 2. The van der Waals surface area contributed by atoms with Gasteiger partial charge in [0.2, 0.25) is 11.8 Å². The second-order valence-corrected chi connectivity index (χ2v) is 3.65. The minimum absolute atomic E-state index is 0.248. The van der Waals surface area contributed by atoms with Gasteiger partial charge in [0.05, 0.1) is 0 Å². The van der Waals surface area contributed by atoms with Crippen molar-refractivity contribution in [2.75, 3.05) is 0 Å². The lowest BCUT2D eigenvalue weighted by Gasteiger charge is -2.03. The quantitative estimate of drug-likeness (QED) is 0.733. The van der Waals surface area contributed by atoms with Crippen LogP contribution in [-0.4, -0.2) is 10.2 Å². The van der Waals surface area contributed by atoms with E-state index < -0.39 is 0 Å². The normalized spacial score (nSPS) is 10.6. The average Bonchev–Trinajstić information content (AvgIpc) is 2.70. The smallest absolute Gasteiger partial charge is 0.248 e. The van der Waals surface area contributed by atoms with Gasteiger partial charge in [-0.25, -0.2) is 0 Å². The van der Waals surface area contributed by atoms with E-state index in [4.69, 9.17) is 16.0 Å². The summed E-state index contributed by atoms with van der Waals surface area (Å²) in [6.07, 6.45) is 0. The van der Waals surface area contributed by atoms with Crippen molar-refractivity contribution < 1.29 is 4.42 Å². The van der Waals surface area contributed by atoms with Crippen molar-refractivity contribution in [1.29, 1.82) is 0 Å². The molecule has 1 aromatic heterocycles. The third kappa shape index (κ3) is 1.88. The summed E-state index contributed by atoms with van der Waals surface area (Å²) >= 11 is 5.60. The second kappa shape index (κ2) is 4.03. The first-order valence-corrected chi connectivity index (χ1v) is 5.20. The van der Waals surface area contributed by atoms with Crippen LogP contribution in [-0.2, 0) is 5.88 Å². The molecule has 0 N–H and O–H groups in total. The highest BCUT2D eigenvalue weighted by molar-refractivity contribution is 6.16. The highest BCUT2D eigenvalue weighted by atomic mass is 35.5. The minimum atomic E-state index is 0.248. The molecule has 0 unspecified atom stereocenters. The summed E-state index contributed by atoms with van der Waals surface area (Å²) in [5, 5.41) is 7.79. The first-order chi connectivity index (χ1) is 7.22. The van der Waals surface area contributed by atoms with E-state index in [1.807, 2.05) is 19.1 Å². The number of nitrogens with zero attached hydrogens (tertiary/aromatic N) is 2. The molecule has 2 aromatic rings. The van der Waals surface area contributed by atoms with Gasteiger partial charge in [-0.2, -0.15) is 0 Å². The Hall–Kier alpha value is -1.35. The molecule has 0 saturated carbocycles. The third-order valence-corrected chi connectivity index (χ3v) is 2.64. The maximum absolute atomic E-state index is 5.60. The average molecular weight is 223 g/mol. The van der Waals surface area contributed by atoms with E-state index in [9.17, 15) is 0 Å². The maximum Gasteiger partial charge on any atom is 0.248 e. The van der Waals surface area contributed by atoms with Crippen LogP contribution in [0.1, 0.15) is 17.0 Å². The summed E-state index contributed by atoms with van der Waals surface area (Å²) in [5.41, 5.74) is 3.33. The van der Waals surface area contributed by atoms with Crippen LogP contribution in [0.3, 0.4) is 0 Å². The third-order valence-electron chi connectivity index (χ3n) is 2.42. The lowest BCUT2D eigenvalue weighted by Crippen LogP contribution is -1.86. The molecule has 4 heteroatoms. The van der Waals surface area contributed by atoms with Crippen LogP contribution in [0.4, 0.5) is 0 Å². The fourth-order valence-corrected chi connectivity index (χ4v) is 1.51. The van der Waals surface area contributed by atoms with E-state index in [-0.39, 0.29) is 5.88 Å². The Morgan fingerprint density at radius 1 is 1.27 bits per heavy atom. The molecular weight excluding hydrogens is 212 g/mol. The molecule has 1 aromatic carbocycles. The first-order valence-electron chi connectivity index (χ1n) is 4.67. The van der Waals surface area contributed by atoms with Gasteiger partial charge in [-0.3, -0.25) is 0 Å². The first kappa shape index (κ1) is 10.2. The second-order valence-electron chi connectivity index (χ2n) is 3.38. The zero-order valence-corrected chi connectivity index (χ0v) is 9.38. The van der Waals surface area contributed by atoms with Crippen molar-refractivity contribution in [3.63, 3.8) is 0 Å².